The van der Waals surface area contributed by atoms with Gasteiger partial charge in [-0.1, -0.05) is 34.8 Å². The van der Waals surface area contributed by atoms with Gasteiger partial charge in [-0.2, -0.15) is 4.83 Å². The summed E-state index contributed by atoms with van der Waals surface area (Å²) in [6.45, 7) is 1.48. The van der Waals surface area contributed by atoms with Gasteiger partial charge in [0.15, 0.2) is 0 Å². The number of hydrogen-bond donors (Lipinski definition) is 2. The van der Waals surface area contributed by atoms with Crippen molar-refractivity contribution in [1.82, 2.24) is 9.73 Å². The standard InChI is InChI=1S/C13H17Cl3N4O4S/c1-24-11-3-2-9(25(22,23)18-17)8-10(11)19-4-6-20(7-5-19)12(21)13(14,15)16/h2-3,8,18H,4-7,17H2,1H3. The van der Waals surface area contributed by atoms with Gasteiger partial charge < -0.3 is 14.5 Å². The van der Waals surface area contributed by atoms with Crippen molar-refractivity contribution in [3.05, 3.63) is 18.2 Å². The van der Waals surface area contributed by atoms with Crippen molar-refractivity contribution in [2.75, 3.05) is 38.2 Å². The predicted molar refractivity (Wildman–Crippen MR) is 96.6 cm³/mol. The first-order chi connectivity index (χ1) is 11.6. The number of carbonyl (C=O) groups excluding carboxylic acids is 1. The van der Waals surface area contributed by atoms with Gasteiger partial charge in [0.1, 0.15) is 5.75 Å². The molecule has 0 aliphatic carbocycles. The Bertz CT molecular complexity index is 746. The Hall–Kier alpha value is -0.970. The summed E-state index contributed by atoms with van der Waals surface area (Å²) in [5.74, 6) is 4.97. The number of anilines is 1. The lowest BCUT2D eigenvalue weighted by molar-refractivity contribution is -0.130. The van der Waals surface area contributed by atoms with Crippen LogP contribution in [0.25, 0.3) is 0 Å². The molecule has 1 saturated heterocycles. The Labute approximate surface area is 160 Å². The van der Waals surface area contributed by atoms with Crippen LogP contribution >= 0.6 is 34.8 Å². The summed E-state index contributed by atoms with van der Waals surface area (Å²) in [5.41, 5.74) is 0.569. The molecule has 8 nitrogen and oxygen atoms in total. The Morgan fingerprint density at radius 1 is 1.24 bits per heavy atom. The zero-order valence-corrected chi connectivity index (χ0v) is 16.3. The number of benzene rings is 1. The van der Waals surface area contributed by atoms with Crippen LogP contribution in [0.3, 0.4) is 0 Å². The highest BCUT2D eigenvalue weighted by molar-refractivity contribution is 7.89. The minimum atomic E-state index is -3.80. The minimum absolute atomic E-state index is 0.00518. The van der Waals surface area contributed by atoms with E-state index in [9.17, 15) is 13.2 Å². The van der Waals surface area contributed by atoms with Gasteiger partial charge in [-0.25, -0.2) is 8.42 Å². The maximum absolute atomic E-state index is 12.0. The molecule has 140 valence electrons. The van der Waals surface area contributed by atoms with Crippen LogP contribution in [0.1, 0.15) is 0 Å². The van der Waals surface area contributed by atoms with Crippen LogP contribution in [-0.4, -0.2) is 56.3 Å². The fourth-order valence-electron chi connectivity index (χ4n) is 2.48. The third-order valence-electron chi connectivity index (χ3n) is 3.77. The summed E-state index contributed by atoms with van der Waals surface area (Å²) in [7, 11) is -2.32. The Morgan fingerprint density at radius 3 is 2.32 bits per heavy atom. The molecular formula is C13H17Cl3N4O4S. The molecule has 1 aliphatic heterocycles. The molecule has 1 aromatic carbocycles. The molecule has 12 heteroatoms. The lowest BCUT2D eigenvalue weighted by atomic mass is 10.2. The molecule has 0 atom stereocenters. The Balaban J connectivity index is 2.23. The zero-order chi connectivity index (χ0) is 18.8. The predicted octanol–water partition coefficient (Wildman–Crippen LogP) is 0.866. The van der Waals surface area contributed by atoms with E-state index in [-0.39, 0.29) is 4.90 Å². The normalized spacial score (nSPS) is 16.0. The number of hydrogen-bond acceptors (Lipinski definition) is 6. The van der Waals surface area contributed by atoms with Crippen LogP contribution in [0.15, 0.2) is 23.1 Å². The highest BCUT2D eigenvalue weighted by Crippen LogP contribution is 2.33. The molecule has 0 aromatic heterocycles. The van der Waals surface area contributed by atoms with Gasteiger partial charge in [0, 0.05) is 26.2 Å². The third kappa shape index (κ3) is 4.60. The number of alkyl halides is 3. The summed E-state index contributed by atoms with van der Waals surface area (Å²) in [4.78, 5) is 17.1. The van der Waals surface area contributed by atoms with E-state index in [2.05, 4.69) is 0 Å². The number of rotatable bonds is 4. The second kappa shape index (κ2) is 7.73. The molecule has 0 spiro atoms. The van der Waals surface area contributed by atoms with Crippen molar-refractivity contribution in [2.24, 2.45) is 5.84 Å². The van der Waals surface area contributed by atoms with Gasteiger partial charge in [-0.3, -0.25) is 10.6 Å². The monoisotopic (exact) mass is 430 g/mol. The number of sulfonamides is 1. The van der Waals surface area contributed by atoms with E-state index in [1.54, 1.807) is 10.9 Å². The molecule has 1 amide bonds. The summed E-state index contributed by atoms with van der Waals surface area (Å²) in [6, 6.07) is 4.39. The number of nitrogens with zero attached hydrogens (tertiary/aromatic N) is 2. The van der Waals surface area contributed by atoms with E-state index < -0.39 is 19.7 Å². The van der Waals surface area contributed by atoms with E-state index in [4.69, 9.17) is 45.4 Å². The van der Waals surface area contributed by atoms with Gasteiger partial charge in [-0.05, 0) is 18.2 Å². The highest BCUT2D eigenvalue weighted by atomic mass is 35.6. The van der Waals surface area contributed by atoms with E-state index >= 15 is 0 Å². The topological polar surface area (TPSA) is 105 Å². The summed E-state index contributed by atoms with van der Waals surface area (Å²) < 4.78 is 27.1. The maximum atomic E-state index is 12.0. The van der Waals surface area contributed by atoms with E-state index in [0.29, 0.717) is 37.6 Å². The average Bonchev–Trinajstić information content (AvgIpc) is 2.59. The van der Waals surface area contributed by atoms with Gasteiger partial charge in [-0.15, -0.1) is 0 Å². The van der Waals surface area contributed by atoms with Gasteiger partial charge in [0.25, 0.3) is 19.7 Å². The Kier molecular flexibility index (Phi) is 6.29. The largest absolute Gasteiger partial charge is 0.495 e. The van der Waals surface area contributed by atoms with Crippen LogP contribution < -0.4 is 20.3 Å². The van der Waals surface area contributed by atoms with Gasteiger partial charge >= 0.3 is 0 Å². The molecule has 1 fully saturated rings. The van der Waals surface area contributed by atoms with Crippen LogP contribution in [0.4, 0.5) is 5.69 Å². The minimum Gasteiger partial charge on any atom is -0.495 e. The maximum Gasteiger partial charge on any atom is 0.274 e. The van der Waals surface area contributed by atoms with Crippen molar-refractivity contribution >= 4 is 56.4 Å². The number of halogens is 3. The number of hydrazine groups is 1. The van der Waals surface area contributed by atoms with Gasteiger partial charge in [0.2, 0.25) is 0 Å². The summed E-state index contributed by atoms with van der Waals surface area (Å²) in [5, 5.41) is 0. The molecule has 0 unspecified atom stereocenters. The quantitative estimate of drug-likeness (QED) is 0.416. The number of nitrogens with two attached hydrogens (primary N) is 1. The molecular weight excluding hydrogens is 415 g/mol. The summed E-state index contributed by atoms with van der Waals surface area (Å²) >= 11 is 16.9. The lowest BCUT2D eigenvalue weighted by Gasteiger charge is -2.37. The molecule has 3 N–H and O–H groups in total. The van der Waals surface area contributed by atoms with Crippen LogP contribution in [-0.2, 0) is 14.8 Å². The third-order valence-corrected chi connectivity index (χ3v) is 5.44. The SMILES string of the molecule is COc1ccc(S(=O)(=O)NN)cc1N1CCN(C(=O)C(Cl)(Cl)Cl)CC1. The first-order valence-electron chi connectivity index (χ1n) is 7.11. The van der Waals surface area contributed by atoms with Crippen LogP contribution in [0, 0.1) is 0 Å². The number of piperazine rings is 1. The Morgan fingerprint density at radius 2 is 1.84 bits per heavy atom. The van der Waals surface area contributed by atoms with Crippen LogP contribution in [0.2, 0.25) is 0 Å². The smallest absolute Gasteiger partial charge is 0.274 e. The zero-order valence-electron chi connectivity index (χ0n) is 13.2. The van der Waals surface area contributed by atoms with Crippen LogP contribution in [0.5, 0.6) is 5.75 Å². The van der Waals surface area contributed by atoms with Crippen molar-refractivity contribution in [1.29, 1.82) is 0 Å². The molecule has 25 heavy (non-hydrogen) atoms. The first kappa shape index (κ1) is 20.3. The number of amides is 1. The van der Waals surface area contributed by atoms with Crippen molar-refractivity contribution in [2.45, 2.75) is 8.69 Å². The van der Waals surface area contributed by atoms with Crippen molar-refractivity contribution < 1.29 is 17.9 Å². The number of carbonyl (C=O) groups is 1. The van der Waals surface area contributed by atoms with E-state index in [1.807, 2.05) is 4.90 Å². The fraction of sp³-hybridized carbons (Fsp3) is 0.462. The fourth-order valence-corrected chi connectivity index (χ4v) is 3.49. The number of ether oxygens (including phenoxy) is 1. The van der Waals surface area contributed by atoms with Gasteiger partial charge in [0.05, 0.1) is 17.7 Å². The van der Waals surface area contributed by atoms with Crippen molar-refractivity contribution in [3.63, 3.8) is 0 Å². The molecule has 1 aromatic rings. The molecule has 0 bridgehead atoms. The first-order valence-corrected chi connectivity index (χ1v) is 9.73. The second-order valence-electron chi connectivity index (χ2n) is 5.23. The van der Waals surface area contributed by atoms with E-state index in [0.717, 1.165) is 0 Å². The molecule has 1 aliphatic rings. The molecule has 0 saturated carbocycles. The number of methoxy groups -OCH3 is 1. The molecule has 0 radical (unpaired) electrons. The molecule has 1 heterocycles. The van der Waals surface area contributed by atoms with E-state index in [1.165, 1.54) is 24.1 Å². The summed E-state index contributed by atoms with van der Waals surface area (Å²) in [6.07, 6.45) is 0. The average molecular weight is 432 g/mol. The molecule has 2 rings (SSSR count). The number of nitrogens with one attached hydrogen (secondary N) is 1. The van der Waals surface area contributed by atoms with Crippen molar-refractivity contribution in [3.8, 4) is 5.75 Å². The lowest BCUT2D eigenvalue weighted by Crippen LogP contribution is -2.51. The highest BCUT2D eigenvalue weighted by Gasteiger charge is 2.36. The second-order valence-corrected chi connectivity index (χ2v) is 9.23.